The van der Waals surface area contributed by atoms with Gasteiger partial charge in [0.05, 0.1) is 0 Å². The molecule has 0 aromatic carbocycles. The minimum absolute atomic E-state index is 0.0550. The van der Waals surface area contributed by atoms with Crippen molar-refractivity contribution >= 4 is 17.5 Å². The van der Waals surface area contributed by atoms with Gasteiger partial charge in [-0.2, -0.15) is 0 Å². The van der Waals surface area contributed by atoms with Gasteiger partial charge >= 0.3 is 0 Å². The van der Waals surface area contributed by atoms with E-state index in [0.717, 1.165) is 12.5 Å². The van der Waals surface area contributed by atoms with Crippen LogP contribution in [0.5, 0.6) is 0 Å². The number of hydrogen-bond donors (Lipinski definition) is 1. The molecule has 1 fully saturated rings. The summed E-state index contributed by atoms with van der Waals surface area (Å²) >= 11 is 5.45. The maximum atomic E-state index is 11.1. The zero-order valence-electron chi connectivity index (χ0n) is 9.81. The van der Waals surface area contributed by atoms with Crippen LogP contribution in [0.4, 0.5) is 0 Å². The van der Waals surface area contributed by atoms with Gasteiger partial charge in [0.25, 0.3) is 0 Å². The number of amides is 1. The van der Waals surface area contributed by atoms with E-state index >= 15 is 0 Å². The Hall–Kier alpha value is -0.240. The Labute approximate surface area is 97.8 Å². The molecule has 0 radical (unpaired) electrons. The molecular weight excluding hydrogens is 210 g/mol. The molecule has 0 saturated heterocycles. The van der Waals surface area contributed by atoms with Crippen LogP contribution in [-0.4, -0.2) is 18.3 Å². The first-order chi connectivity index (χ1) is 7.06. The molecule has 1 amide bonds. The maximum absolute atomic E-state index is 11.1. The van der Waals surface area contributed by atoms with Crippen LogP contribution in [0, 0.1) is 11.3 Å². The minimum Gasteiger partial charge on any atom is -0.355 e. The third-order valence-electron chi connectivity index (χ3n) is 3.57. The molecule has 0 heterocycles. The van der Waals surface area contributed by atoms with E-state index in [-0.39, 0.29) is 17.2 Å². The van der Waals surface area contributed by atoms with Crippen LogP contribution in [0.15, 0.2) is 0 Å². The van der Waals surface area contributed by atoms with E-state index in [0.29, 0.717) is 0 Å². The lowest BCUT2D eigenvalue weighted by molar-refractivity contribution is -0.119. The molecule has 2 nitrogen and oxygen atoms in total. The summed E-state index contributed by atoms with van der Waals surface area (Å²) in [6.45, 7) is 5.25. The standard InChI is InChI=1S/C12H22ClNO/c1-12(2,9-14-11(15)8-13)10-6-4-3-5-7-10/h10H,3-9H2,1-2H3,(H,14,15). The molecule has 1 aliphatic carbocycles. The zero-order valence-corrected chi connectivity index (χ0v) is 10.6. The molecule has 1 N–H and O–H groups in total. The average Bonchev–Trinajstić information content (AvgIpc) is 2.27. The summed E-state index contributed by atoms with van der Waals surface area (Å²) in [6.07, 6.45) is 6.68. The molecule has 0 atom stereocenters. The number of hydrogen-bond acceptors (Lipinski definition) is 1. The average molecular weight is 232 g/mol. The van der Waals surface area contributed by atoms with Crippen molar-refractivity contribution in [3.05, 3.63) is 0 Å². The molecule has 0 spiro atoms. The van der Waals surface area contributed by atoms with Gasteiger partial charge in [-0.1, -0.05) is 33.1 Å². The fraction of sp³-hybridized carbons (Fsp3) is 0.917. The predicted octanol–water partition coefficient (Wildman–Crippen LogP) is 2.95. The number of halogens is 1. The number of nitrogens with one attached hydrogen (secondary N) is 1. The molecular formula is C12H22ClNO. The van der Waals surface area contributed by atoms with Gasteiger partial charge in [-0.25, -0.2) is 0 Å². The van der Waals surface area contributed by atoms with E-state index in [1.807, 2.05) is 0 Å². The molecule has 1 aliphatic rings. The highest BCUT2D eigenvalue weighted by Gasteiger charge is 2.30. The molecule has 1 rings (SSSR count). The SMILES string of the molecule is CC(C)(CNC(=O)CCl)C1CCCCC1. The van der Waals surface area contributed by atoms with E-state index in [2.05, 4.69) is 19.2 Å². The first kappa shape index (κ1) is 12.8. The number of rotatable bonds is 4. The van der Waals surface area contributed by atoms with Gasteiger partial charge in [-0.15, -0.1) is 11.6 Å². The molecule has 0 aliphatic heterocycles. The molecule has 0 aromatic rings. The summed E-state index contributed by atoms with van der Waals surface area (Å²) in [6, 6.07) is 0. The normalized spacial score (nSPS) is 18.9. The topological polar surface area (TPSA) is 29.1 Å². The van der Waals surface area contributed by atoms with Crippen molar-refractivity contribution in [3.8, 4) is 0 Å². The molecule has 88 valence electrons. The van der Waals surface area contributed by atoms with Gasteiger partial charge < -0.3 is 5.32 Å². The van der Waals surface area contributed by atoms with Crippen LogP contribution < -0.4 is 5.32 Å². The number of carbonyl (C=O) groups is 1. The Kier molecular flexibility index (Phi) is 4.91. The van der Waals surface area contributed by atoms with Crippen molar-refractivity contribution in [2.75, 3.05) is 12.4 Å². The summed E-state index contributed by atoms with van der Waals surface area (Å²) in [4.78, 5) is 11.1. The largest absolute Gasteiger partial charge is 0.355 e. The maximum Gasteiger partial charge on any atom is 0.234 e. The fourth-order valence-electron chi connectivity index (χ4n) is 2.40. The molecule has 3 heteroatoms. The lowest BCUT2D eigenvalue weighted by Crippen LogP contribution is -2.39. The van der Waals surface area contributed by atoms with Gasteiger partial charge in [0.2, 0.25) is 5.91 Å². The summed E-state index contributed by atoms with van der Waals surface area (Å²) in [5, 5.41) is 2.90. The first-order valence-corrected chi connectivity index (χ1v) is 6.42. The van der Waals surface area contributed by atoms with Crippen molar-refractivity contribution < 1.29 is 4.79 Å². The quantitative estimate of drug-likeness (QED) is 0.741. The van der Waals surface area contributed by atoms with E-state index in [1.54, 1.807) is 0 Å². The van der Waals surface area contributed by atoms with Crippen LogP contribution in [0.3, 0.4) is 0 Å². The summed E-state index contributed by atoms with van der Waals surface area (Å²) in [5.74, 6) is 0.767. The van der Waals surface area contributed by atoms with E-state index in [9.17, 15) is 4.79 Å². The van der Waals surface area contributed by atoms with Crippen molar-refractivity contribution in [3.63, 3.8) is 0 Å². The second kappa shape index (κ2) is 5.74. The van der Waals surface area contributed by atoms with Crippen LogP contribution >= 0.6 is 11.6 Å². The third-order valence-corrected chi connectivity index (χ3v) is 3.82. The fourth-order valence-corrected chi connectivity index (χ4v) is 2.50. The Balaban J connectivity index is 2.38. The lowest BCUT2D eigenvalue weighted by Gasteiger charge is -2.37. The van der Waals surface area contributed by atoms with E-state index in [4.69, 9.17) is 11.6 Å². The Morgan fingerprint density at radius 3 is 2.47 bits per heavy atom. The van der Waals surface area contributed by atoms with Crippen molar-refractivity contribution in [1.29, 1.82) is 0 Å². The van der Waals surface area contributed by atoms with E-state index < -0.39 is 0 Å². The Morgan fingerprint density at radius 1 is 1.33 bits per heavy atom. The third kappa shape index (κ3) is 4.02. The van der Waals surface area contributed by atoms with Crippen LogP contribution in [0.1, 0.15) is 46.0 Å². The molecule has 0 bridgehead atoms. The highest BCUT2D eigenvalue weighted by molar-refractivity contribution is 6.27. The van der Waals surface area contributed by atoms with Gasteiger partial charge in [-0.3, -0.25) is 4.79 Å². The second-order valence-corrected chi connectivity index (χ2v) is 5.50. The first-order valence-electron chi connectivity index (χ1n) is 5.89. The molecule has 15 heavy (non-hydrogen) atoms. The number of carbonyl (C=O) groups excluding carboxylic acids is 1. The summed E-state index contributed by atoms with van der Waals surface area (Å²) < 4.78 is 0. The van der Waals surface area contributed by atoms with Crippen molar-refractivity contribution in [1.82, 2.24) is 5.32 Å². The summed E-state index contributed by atoms with van der Waals surface area (Å²) in [5.41, 5.74) is 0.210. The predicted molar refractivity (Wildman–Crippen MR) is 64.1 cm³/mol. The van der Waals surface area contributed by atoms with Gasteiger partial charge in [0, 0.05) is 6.54 Å². The lowest BCUT2D eigenvalue weighted by atomic mass is 9.71. The molecule has 0 unspecified atom stereocenters. The van der Waals surface area contributed by atoms with Crippen LogP contribution in [0.2, 0.25) is 0 Å². The minimum atomic E-state index is -0.0550. The van der Waals surface area contributed by atoms with Gasteiger partial charge in [-0.05, 0) is 24.2 Å². The van der Waals surface area contributed by atoms with Crippen molar-refractivity contribution in [2.24, 2.45) is 11.3 Å². The van der Waals surface area contributed by atoms with Crippen molar-refractivity contribution in [2.45, 2.75) is 46.0 Å². The van der Waals surface area contributed by atoms with Crippen LogP contribution in [-0.2, 0) is 4.79 Å². The zero-order chi connectivity index (χ0) is 11.3. The summed E-state index contributed by atoms with van der Waals surface area (Å²) in [7, 11) is 0. The number of alkyl halides is 1. The Bertz CT molecular complexity index is 210. The highest BCUT2D eigenvalue weighted by atomic mass is 35.5. The van der Waals surface area contributed by atoms with Gasteiger partial charge in [0.15, 0.2) is 0 Å². The van der Waals surface area contributed by atoms with Gasteiger partial charge in [0.1, 0.15) is 5.88 Å². The smallest absolute Gasteiger partial charge is 0.234 e. The second-order valence-electron chi connectivity index (χ2n) is 5.23. The molecule has 0 aromatic heterocycles. The Morgan fingerprint density at radius 2 is 1.93 bits per heavy atom. The monoisotopic (exact) mass is 231 g/mol. The van der Waals surface area contributed by atoms with E-state index in [1.165, 1.54) is 32.1 Å². The highest BCUT2D eigenvalue weighted by Crippen LogP contribution is 2.37. The van der Waals surface area contributed by atoms with Crippen LogP contribution in [0.25, 0.3) is 0 Å². The molecule has 1 saturated carbocycles.